The lowest BCUT2D eigenvalue weighted by molar-refractivity contribution is -0.0435. The number of benzene rings is 4. The number of likely N-dealkylation sites (tertiary alicyclic amines) is 1. The fourth-order valence-corrected chi connectivity index (χ4v) is 14.1. The molecule has 18 heteroatoms. The van der Waals surface area contributed by atoms with Gasteiger partial charge in [-0.2, -0.15) is 13.2 Å². The molecule has 4 aromatic carbocycles. The third-order valence-corrected chi connectivity index (χ3v) is 18.7. The minimum Gasteiger partial charge on any atom is -0.380 e. The van der Waals surface area contributed by atoms with Gasteiger partial charge in [0.2, 0.25) is 0 Å². The van der Waals surface area contributed by atoms with Crippen molar-refractivity contribution in [3.8, 4) is 0 Å². The Morgan fingerprint density at radius 1 is 0.845 bits per heavy atom. The van der Waals surface area contributed by atoms with Crippen LogP contribution in [-0.4, -0.2) is 125 Å². The van der Waals surface area contributed by atoms with Gasteiger partial charge in [-0.05, 0) is 143 Å². The maximum Gasteiger partial charge on any atom is 0.501 e. The third-order valence-electron chi connectivity index (χ3n) is 14.4. The third kappa shape index (κ3) is 12.8. The summed E-state index contributed by atoms with van der Waals surface area (Å²) in [6.07, 6.45) is 5.82. The number of hydrogen-bond acceptors (Lipinski definition) is 11. The molecule has 3 atom stereocenters. The molecule has 0 radical (unpaired) electrons. The van der Waals surface area contributed by atoms with Crippen molar-refractivity contribution in [2.45, 2.75) is 117 Å². The molecule has 71 heavy (non-hydrogen) atoms. The molecule has 3 aliphatic heterocycles. The first-order valence-electron chi connectivity index (χ1n) is 24.5. The molecule has 3 unspecified atom stereocenters. The number of alkyl halides is 3. The average molecular weight is 1060 g/mol. The van der Waals surface area contributed by atoms with Crippen LogP contribution in [0.3, 0.4) is 0 Å². The summed E-state index contributed by atoms with van der Waals surface area (Å²) in [5, 5.41) is 3.80. The molecule has 3 fully saturated rings. The molecule has 2 bridgehead atoms. The van der Waals surface area contributed by atoms with Crippen LogP contribution < -0.4 is 14.9 Å². The van der Waals surface area contributed by atoms with E-state index in [1.807, 2.05) is 47.2 Å². The van der Waals surface area contributed by atoms with E-state index in [1.54, 1.807) is 12.1 Å². The molecule has 2 N–H and O–H groups in total. The highest BCUT2D eigenvalue weighted by Crippen LogP contribution is 2.43. The van der Waals surface area contributed by atoms with Crippen LogP contribution >= 0.6 is 23.4 Å². The summed E-state index contributed by atoms with van der Waals surface area (Å²) >= 11 is 7.69. The van der Waals surface area contributed by atoms with Gasteiger partial charge in [-0.3, -0.25) is 14.6 Å². The summed E-state index contributed by atoms with van der Waals surface area (Å²) in [6, 6.07) is 26.9. The van der Waals surface area contributed by atoms with E-state index in [1.165, 1.54) is 40.6 Å². The van der Waals surface area contributed by atoms with Crippen molar-refractivity contribution in [2.24, 2.45) is 5.41 Å². The van der Waals surface area contributed by atoms with E-state index in [9.17, 15) is 34.8 Å². The van der Waals surface area contributed by atoms with Gasteiger partial charge >= 0.3 is 5.51 Å². The molecule has 1 amide bonds. The second kappa shape index (κ2) is 21.4. The van der Waals surface area contributed by atoms with E-state index >= 15 is 0 Å². The monoisotopic (exact) mass is 1050 g/mol. The van der Waals surface area contributed by atoms with E-state index in [-0.39, 0.29) is 22.2 Å². The zero-order valence-corrected chi connectivity index (χ0v) is 44.3. The van der Waals surface area contributed by atoms with Crippen LogP contribution in [0.4, 0.5) is 24.5 Å². The number of allylic oxidation sites excluding steroid dienone is 1. The van der Waals surface area contributed by atoms with Crippen molar-refractivity contribution in [1.29, 1.82) is 0 Å². The zero-order valence-electron chi connectivity index (χ0n) is 41.1. The Balaban J connectivity index is 0.936. The molecule has 384 valence electrons. The minimum atomic E-state index is -6.07. The number of rotatable bonds is 16. The Hall–Kier alpha value is -4.10. The molecule has 3 saturated heterocycles. The van der Waals surface area contributed by atoms with Gasteiger partial charge in [0.1, 0.15) is 4.90 Å². The molecule has 8 rings (SSSR count). The Morgan fingerprint density at radius 2 is 1.49 bits per heavy atom. The van der Waals surface area contributed by atoms with Crippen molar-refractivity contribution in [3.63, 3.8) is 0 Å². The smallest absolute Gasteiger partial charge is 0.380 e. The van der Waals surface area contributed by atoms with Crippen LogP contribution in [0.25, 0.3) is 5.57 Å². The molecule has 0 spiro atoms. The number of carbonyl (C=O) groups is 1. The topological polar surface area (TPSA) is 122 Å². The summed E-state index contributed by atoms with van der Waals surface area (Å²) in [4.78, 5) is 22.0. The van der Waals surface area contributed by atoms with E-state index in [2.05, 4.69) is 71.7 Å². The highest BCUT2D eigenvalue weighted by molar-refractivity contribution is 7.99. The summed E-state index contributed by atoms with van der Waals surface area (Å²) < 4.78 is 99.0. The molecule has 0 aromatic heterocycles. The molecule has 1 aliphatic carbocycles. The first kappa shape index (κ1) is 53.2. The summed E-state index contributed by atoms with van der Waals surface area (Å²) in [7, 11) is -10.9. The Morgan fingerprint density at radius 3 is 2.11 bits per heavy atom. The van der Waals surface area contributed by atoms with Crippen LogP contribution in [0, 0.1) is 5.41 Å². The Kier molecular flexibility index (Phi) is 16.0. The lowest BCUT2D eigenvalue weighted by Crippen LogP contribution is -2.60. The number of halogens is 4. The summed E-state index contributed by atoms with van der Waals surface area (Å²) in [5.74, 6) is -0.627. The number of fused-ring (bicyclic) bond motifs is 2. The van der Waals surface area contributed by atoms with Gasteiger partial charge in [0.25, 0.3) is 25.8 Å². The first-order chi connectivity index (χ1) is 33.5. The van der Waals surface area contributed by atoms with Crippen LogP contribution in [0.1, 0.15) is 89.1 Å². The fourth-order valence-electron chi connectivity index (χ4n) is 10.9. The van der Waals surface area contributed by atoms with Crippen LogP contribution in [-0.2, 0) is 19.9 Å². The van der Waals surface area contributed by atoms with Gasteiger partial charge in [0, 0.05) is 103 Å². The largest absolute Gasteiger partial charge is 0.501 e. The maximum absolute atomic E-state index is 14.4. The van der Waals surface area contributed by atoms with Gasteiger partial charge in [-0.25, -0.2) is 21.6 Å². The number of piperazine rings is 2. The number of hydrogen-bond donors (Lipinski definition) is 2. The van der Waals surface area contributed by atoms with Crippen LogP contribution in [0.5, 0.6) is 0 Å². The van der Waals surface area contributed by atoms with Crippen molar-refractivity contribution in [1.82, 2.24) is 19.4 Å². The normalized spacial score (nSPS) is 21.1. The standard InChI is InChI=1S/C53H66ClF3N6O5S3/c1-51(2,3)63-43-19-20-44(63)35-61(34-43)26-24-41(36-69-45-9-7-6-8-10-45)58-48-22-21-46(31-49(48)70(65,66)53(55,56)57)71(67,68)59-50(64)38-13-17-42(18-14-38)62-29-27-60(28-30-62)33-39-32-52(4,5)25-23-47(39)37-11-15-40(54)16-12-37/h6-18,21-22,31,41,43-44,58H,19-20,23-30,32-36H2,1-5H3,(H,59,64). The first-order valence-corrected chi connectivity index (χ1v) is 28.8. The fraction of sp³-hybridized carbons (Fsp3) is 0.491. The Labute approximate surface area is 427 Å². The molecule has 0 saturated carbocycles. The number of nitrogens with zero attached hydrogens (tertiary/aromatic N) is 4. The second-order valence-electron chi connectivity index (χ2n) is 21.3. The molecule has 4 aliphatic rings. The maximum atomic E-state index is 14.4. The molecular formula is C53H66ClF3N6O5S3. The zero-order chi connectivity index (χ0) is 50.9. The summed E-state index contributed by atoms with van der Waals surface area (Å²) in [6.45, 7) is 17.6. The predicted molar refractivity (Wildman–Crippen MR) is 279 cm³/mol. The van der Waals surface area contributed by atoms with Gasteiger partial charge in [0.15, 0.2) is 0 Å². The highest BCUT2D eigenvalue weighted by Gasteiger charge is 2.49. The second-order valence-corrected chi connectivity index (χ2v) is 26.4. The quantitative estimate of drug-likeness (QED) is 0.104. The summed E-state index contributed by atoms with van der Waals surface area (Å²) in [5.41, 5.74) is -0.949. The van der Waals surface area contributed by atoms with Crippen molar-refractivity contribution in [3.05, 3.63) is 119 Å². The average Bonchev–Trinajstić information content (AvgIpc) is 3.61. The van der Waals surface area contributed by atoms with Crippen LogP contribution in [0.15, 0.2) is 117 Å². The van der Waals surface area contributed by atoms with E-state index in [4.69, 9.17) is 11.6 Å². The highest BCUT2D eigenvalue weighted by atomic mass is 35.5. The number of carbonyl (C=O) groups excluding carboxylic acids is 1. The van der Waals surface area contributed by atoms with Gasteiger partial charge in [-0.1, -0.05) is 61.4 Å². The number of anilines is 2. The SMILES string of the molecule is CC1(C)CCC(c2ccc(Cl)cc2)=C(CN2CCN(c3ccc(C(=O)NS(=O)(=O)c4ccc(NC(CCN5CC6CCC(C5)N6C(C)(C)C)CSc5ccccc5)c(S(=O)(=O)C(F)(F)F)c4)cc3)CC2)C1. The van der Waals surface area contributed by atoms with Crippen LogP contribution in [0.2, 0.25) is 5.02 Å². The number of thioether (sulfide) groups is 1. The van der Waals surface area contributed by atoms with Crippen molar-refractivity contribution in [2.75, 3.05) is 68.3 Å². The predicted octanol–water partition coefficient (Wildman–Crippen LogP) is 10.4. The molecule has 4 aromatic rings. The number of sulfonamides is 1. The number of sulfone groups is 1. The van der Waals surface area contributed by atoms with Gasteiger partial charge < -0.3 is 15.1 Å². The lowest BCUT2D eigenvalue weighted by Gasteiger charge is -2.48. The number of nitrogens with one attached hydrogen (secondary N) is 2. The number of amides is 1. The molecule has 11 nitrogen and oxygen atoms in total. The van der Waals surface area contributed by atoms with E-state index in [0.717, 1.165) is 101 Å². The van der Waals surface area contributed by atoms with E-state index in [0.29, 0.717) is 41.9 Å². The lowest BCUT2D eigenvalue weighted by atomic mass is 9.73. The van der Waals surface area contributed by atoms with Crippen molar-refractivity contribution >= 4 is 66.1 Å². The van der Waals surface area contributed by atoms with Gasteiger partial charge in [0.05, 0.1) is 10.6 Å². The molecule has 3 heterocycles. The van der Waals surface area contributed by atoms with Gasteiger partial charge in [-0.15, -0.1) is 11.8 Å². The Bertz CT molecular complexity index is 2770. The molecular weight excluding hydrogens is 989 g/mol. The minimum absolute atomic E-state index is 0.00514. The van der Waals surface area contributed by atoms with E-state index < -0.39 is 47.1 Å². The van der Waals surface area contributed by atoms with Crippen molar-refractivity contribution < 1.29 is 34.8 Å².